The number of terminal acetylenes is 1. The van der Waals surface area contributed by atoms with Crippen molar-refractivity contribution < 1.29 is 14.8 Å². The van der Waals surface area contributed by atoms with Gasteiger partial charge >= 0.3 is 5.97 Å². The minimum atomic E-state index is -1.05. The first-order valence-electron chi connectivity index (χ1n) is 5.21. The third-order valence-electron chi connectivity index (χ3n) is 2.41. The van der Waals surface area contributed by atoms with Crippen LogP contribution in [-0.4, -0.2) is 29.1 Å². The highest BCUT2D eigenvalue weighted by molar-refractivity contribution is 6.33. The molecule has 0 fully saturated rings. The molecule has 100 valence electrons. The standard InChI is InChI=1S/C12H11ClN2O4/c1-3-4-14(7-12(16)17)10-6-9(13)11(15(18)19)5-8(10)2/h1,5-6H,4,7H2,2H3,(H,16,17). The SMILES string of the molecule is C#CCN(CC(=O)O)c1cc(Cl)c([N+](=O)[O-])cc1C. The van der Waals surface area contributed by atoms with E-state index in [1.165, 1.54) is 17.0 Å². The Balaban J connectivity index is 3.25. The molecule has 1 aromatic rings. The highest BCUT2D eigenvalue weighted by atomic mass is 35.5. The second kappa shape index (κ2) is 6.07. The summed E-state index contributed by atoms with van der Waals surface area (Å²) in [5.41, 5.74) is 0.780. The third-order valence-corrected chi connectivity index (χ3v) is 2.71. The van der Waals surface area contributed by atoms with Gasteiger partial charge in [-0.15, -0.1) is 6.42 Å². The first kappa shape index (κ1) is 14.8. The predicted molar refractivity (Wildman–Crippen MR) is 71.5 cm³/mol. The van der Waals surface area contributed by atoms with Gasteiger partial charge in [0.15, 0.2) is 0 Å². The number of aryl methyl sites for hydroxylation is 1. The molecule has 0 atom stereocenters. The van der Waals surface area contributed by atoms with Gasteiger partial charge in [0, 0.05) is 11.8 Å². The van der Waals surface area contributed by atoms with Crippen molar-refractivity contribution in [3.63, 3.8) is 0 Å². The van der Waals surface area contributed by atoms with Crippen LogP contribution in [-0.2, 0) is 4.79 Å². The number of anilines is 1. The summed E-state index contributed by atoms with van der Waals surface area (Å²) in [6, 6.07) is 2.65. The maximum absolute atomic E-state index is 10.8. The van der Waals surface area contributed by atoms with Gasteiger partial charge in [0.1, 0.15) is 11.6 Å². The van der Waals surface area contributed by atoms with Crippen molar-refractivity contribution in [1.82, 2.24) is 0 Å². The number of rotatable bonds is 5. The molecule has 0 spiro atoms. The van der Waals surface area contributed by atoms with E-state index in [-0.39, 0.29) is 23.8 Å². The number of aliphatic carboxylic acids is 1. The van der Waals surface area contributed by atoms with Crippen LogP contribution in [0, 0.1) is 29.4 Å². The van der Waals surface area contributed by atoms with Crippen molar-refractivity contribution in [3.8, 4) is 12.3 Å². The maximum Gasteiger partial charge on any atom is 0.323 e. The van der Waals surface area contributed by atoms with E-state index in [1.807, 2.05) is 0 Å². The summed E-state index contributed by atoms with van der Waals surface area (Å²) >= 11 is 5.81. The molecule has 0 saturated heterocycles. The Bertz CT molecular complexity index is 566. The monoisotopic (exact) mass is 282 g/mol. The molecule has 0 radical (unpaired) electrons. The zero-order valence-corrected chi connectivity index (χ0v) is 10.8. The van der Waals surface area contributed by atoms with Crippen molar-refractivity contribution in [2.45, 2.75) is 6.92 Å². The second-order valence-corrected chi connectivity index (χ2v) is 4.21. The lowest BCUT2D eigenvalue weighted by atomic mass is 10.1. The highest BCUT2D eigenvalue weighted by Gasteiger charge is 2.19. The van der Waals surface area contributed by atoms with Crippen molar-refractivity contribution in [2.24, 2.45) is 0 Å². The molecule has 1 aromatic carbocycles. The average molecular weight is 283 g/mol. The summed E-state index contributed by atoms with van der Waals surface area (Å²) in [5, 5.41) is 19.5. The Morgan fingerprint density at radius 1 is 1.63 bits per heavy atom. The molecule has 1 rings (SSSR count). The Kier molecular flexibility index (Phi) is 4.73. The predicted octanol–water partition coefficient (Wildman–Crippen LogP) is 2.08. The first-order chi connectivity index (χ1) is 8.86. The zero-order chi connectivity index (χ0) is 14.6. The fraction of sp³-hybridized carbons (Fsp3) is 0.250. The number of hydrogen-bond acceptors (Lipinski definition) is 4. The molecule has 0 bridgehead atoms. The minimum absolute atomic E-state index is 0.0574. The highest BCUT2D eigenvalue weighted by Crippen LogP contribution is 2.32. The van der Waals surface area contributed by atoms with Crippen molar-refractivity contribution >= 4 is 28.9 Å². The van der Waals surface area contributed by atoms with E-state index >= 15 is 0 Å². The zero-order valence-electron chi connectivity index (χ0n) is 10.1. The molecule has 0 heterocycles. The Labute approximate surface area is 114 Å². The second-order valence-electron chi connectivity index (χ2n) is 3.80. The molecular weight excluding hydrogens is 272 g/mol. The number of benzene rings is 1. The van der Waals surface area contributed by atoms with Crippen LogP contribution in [0.5, 0.6) is 0 Å². The largest absolute Gasteiger partial charge is 0.480 e. The molecular formula is C12H11ClN2O4. The first-order valence-corrected chi connectivity index (χ1v) is 5.59. The van der Waals surface area contributed by atoms with Gasteiger partial charge in [-0.05, 0) is 18.6 Å². The molecule has 0 aliphatic heterocycles. The van der Waals surface area contributed by atoms with Gasteiger partial charge in [-0.2, -0.15) is 0 Å². The van der Waals surface area contributed by atoms with Crippen LogP contribution < -0.4 is 4.90 Å². The number of carbonyl (C=O) groups is 1. The topological polar surface area (TPSA) is 83.7 Å². The summed E-state index contributed by atoms with van der Waals surface area (Å²) in [5.74, 6) is 1.29. The van der Waals surface area contributed by atoms with Gasteiger partial charge in [-0.3, -0.25) is 14.9 Å². The molecule has 0 aromatic heterocycles. The summed E-state index contributed by atoms with van der Waals surface area (Å²) < 4.78 is 0. The number of hydrogen-bond donors (Lipinski definition) is 1. The van der Waals surface area contributed by atoms with Crippen LogP contribution in [0.1, 0.15) is 5.56 Å². The Morgan fingerprint density at radius 2 is 2.26 bits per heavy atom. The number of halogens is 1. The number of nitrogens with zero attached hydrogens (tertiary/aromatic N) is 2. The van der Waals surface area contributed by atoms with Crippen LogP contribution >= 0.6 is 11.6 Å². The maximum atomic E-state index is 10.8. The fourth-order valence-corrected chi connectivity index (χ4v) is 1.86. The lowest BCUT2D eigenvalue weighted by Crippen LogP contribution is -2.30. The molecule has 6 nitrogen and oxygen atoms in total. The number of carboxylic acids is 1. The van der Waals surface area contributed by atoms with E-state index in [9.17, 15) is 14.9 Å². The van der Waals surface area contributed by atoms with Crippen LogP contribution in [0.3, 0.4) is 0 Å². The molecule has 0 unspecified atom stereocenters. The van der Waals surface area contributed by atoms with Crippen molar-refractivity contribution in [2.75, 3.05) is 18.0 Å². The summed E-state index contributed by atoms with van der Waals surface area (Å²) in [6.45, 7) is 1.39. The van der Waals surface area contributed by atoms with Crippen molar-refractivity contribution in [3.05, 3.63) is 32.8 Å². The number of nitro benzene ring substituents is 1. The number of nitro groups is 1. The Hall–Kier alpha value is -2.26. The van der Waals surface area contributed by atoms with Gasteiger partial charge in [-0.25, -0.2) is 0 Å². The van der Waals surface area contributed by atoms with Gasteiger partial charge in [-0.1, -0.05) is 17.5 Å². The van der Waals surface area contributed by atoms with Crippen LogP contribution in [0.15, 0.2) is 12.1 Å². The van der Waals surface area contributed by atoms with Crippen LogP contribution in [0.25, 0.3) is 0 Å². The molecule has 0 amide bonds. The van der Waals surface area contributed by atoms with E-state index < -0.39 is 10.9 Å². The van der Waals surface area contributed by atoms with Gasteiger partial charge in [0.05, 0.1) is 11.5 Å². The molecule has 0 aliphatic rings. The van der Waals surface area contributed by atoms with Gasteiger partial charge in [0.2, 0.25) is 0 Å². The minimum Gasteiger partial charge on any atom is -0.480 e. The van der Waals surface area contributed by atoms with Gasteiger partial charge < -0.3 is 10.0 Å². The average Bonchev–Trinajstić information content (AvgIpc) is 2.30. The summed E-state index contributed by atoms with van der Waals surface area (Å²) in [6.07, 6.45) is 5.18. The fourth-order valence-electron chi connectivity index (χ4n) is 1.64. The summed E-state index contributed by atoms with van der Waals surface area (Å²) in [4.78, 5) is 22.3. The quantitative estimate of drug-likeness (QED) is 0.508. The lowest BCUT2D eigenvalue weighted by molar-refractivity contribution is -0.384. The lowest BCUT2D eigenvalue weighted by Gasteiger charge is -2.22. The van der Waals surface area contributed by atoms with Crippen LogP contribution in [0.4, 0.5) is 11.4 Å². The molecule has 7 heteroatoms. The molecule has 1 N–H and O–H groups in total. The smallest absolute Gasteiger partial charge is 0.323 e. The molecule has 0 saturated carbocycles. The van der Waals surface area contributed by atoms with Crippen molar-refractivity contribution in [1.29, 1.82) is 0 Å². The molecule has 0 aliphatic carbocycles. The van der Waals surface area contributed by atoms with E-state index in [1.54, 1.807) is 6.92 Å². The van der Waals surface area contributed by atoms with E-state index in [0.29, 0.717) is 11.3 Å². The number of carboxylic acid groups (broad SMARTS) is 1. The molecule has 19 heavy (non-hydrogen) atoms. The van der Waals surface area contributed by atoms with Crippen LogP contribution in [0.2, 0.25) is 5.02 Å². The normalized spacial score (nSPS) is 9.74. The van der Waals surface area contributed by atoms with E-state index in [2.05, 4.69) is 5.92 Å². The Morgan fingerprint density at radius 3 is 2.74 bits per heavy atom. The third kappa shape index (κ3) is 3.60. The van der Waals surface area contributed by atoms with Gasteiger partial charge in [0.25, 0.3) is 5.69 Å². The summed E-state index contributed by atoms with van der Waals surface area (Å²) in [7, 11) is 0. The van der Waals surface area contributed by atoms with E-state index in [0.717, 1.165) is 0 Å². The van der Waals surface area contributed by atoms with E-state index in [4.69, 9.17) is 23.1 Å².